The molecule has 2 fully saturated rings. The minimum absolute atomic E-state index is 0.0266. The molecule has 10 rings (SSSR count). The Kier molecular flexibility index (Phi) is 17.3. The zero-order valence-electron chi connectivity index (χ0n) is 40.2. The summed E-state index contributed by atoms with van der Waals surface area (Å²) in [6, 6.07) is 17.3. The number of ether oxygens (including phenoxy) is 6. The molecule has 0 saturated carbocycles. The molecule has 0 bridgehead atoms. The summed E-state index contributed by atoms with van der Waals surface area (Å²) in [6.07, 6.45) is 7.94. The van der Waals surface area contributed by atoms with E-state index in [-0.39, 0.29) is 23.7 Å². The second-order valence-electron chi connectivity index (χ2n) is 17.4. The van der Waals surface area contributed by atoms with Crippen LogP contribution in [0.4, 0.5) is 8.78 Å². The molecule has 0 amide bonds. The first-order valence-corrected chi connectivity index (χ1v) is 24.8. The molecule has 376 valence electrons. The predicted octanol–water partition coefficient (Wildman–Crippen LogP) is 9.84. The van der Waals surface area contributed by atoms with Crippen molar-refractivity contribution in [3.05, 3.63) is 96.1 Å². The van der Waals surface area contributed by atoms with Crippen molar-refractivity contribution in [3.63, 3.8) is 0 Å². The summed E-state index contributed by atoms with van der Waals surface area (Å²) in [5.41, 5.74) is 4.31. The fourth-order valence-corrected chi connectivity index (χ4v) is 8.65. The summed E-state index contributed by atoms with van der Waals surface area (Å²) in [7, 11) is 3.14. The van der Waals surface area contributed by atoms with Crippen LogP contribution in [0.15, 0.2) is 73.1 Å². The van der Waals surface area contributed by atoms with Gasteiger partial charge in [0.05, 0.1) is 62.8 Å². The predicted molar refractivity (Wildman–Crippen MR) is 272 cm³/mol. The number of aliphatic hydroxyl groups excluding tert-OH is 2. The third-order valence-electron chi connectivity index (χ3n) is 12.2. The molecule has 8 aromatic rings. The molecule has 5 N–H and O–H groups in total. The van der Waals surface area contributed by atoms with Crippen molar-refractivity contribution in [2.75, 3.05) is 65.5 Å². The summed E-state index contributed by atoms with van der Waals surface area (Å²) in [5, 5.41) is 41.1. The van der Waals surface area contributed by atoms with Crippen LogP contribution in [-0.2, 0) is 0 Å². The lowest BCUT2D eigenvalue weighted by atomic mass is 10.1. The molecule has 16 nitrogen and oxygen atoms in total. The van der Waals surface area contributed by atoms with Gasteiger partial charge in [0.2, 0.25) is 0 Å². The van der Waals surface area contributed by atoms with Crippen LogP contribution in [-0.4, -0.2) is 123 Å². The van der Waals surface area contributed by atoms with Gasteiger partial charge in [-0.25, -0.2) is 8.78 Å². The Morgan fingerprint density at radius 2 is 1.08 bits per heavy atom. The van der Waals surface area contributed by atoms with E-state index in [0.29, 0.717) is 85.8 Å². The zero-order valence-corrected chi connectivity index (χ0v) is 41.8. The first-order valence-electron chi connectivity index (χ1n) is 23.7. The van der Waals surface area contributed by atoms with Crippen molar-refractivity contribution in [2.45, 2.75) is 64.6 Å². The molecule has 2 aliphatic heterocycles. The fraction of sp³-hybridized carbons (Fsp3) is 0.385. The van der Waals surface area contributed by atoms with E-state index in [1.54, 1.807) is 74.9 Å². The molecule has 4 aromatic heterocycles. The van der Waals surface area contributed by atoms with Gasteiger partial charge >= 0.3 is 0 Å². The van der Waals surface area contributed by atoms with Gasteiger partial charge in [-0.2, -0.15) is 20.4 Å². The number of methoxy groups -OCH3 is 2. The minimum Gasteiger partial charge on any atom is -0.493 e. The van der Waals surface area contributed by atoms with Crippen LogP contribution < -0.4 is 33.7 Å². The second kappa shape index (κ2) is 24.2. The van der Waals surface area contributed by atoms with E-state index in [2.05, 4.69) is 56.5 Å². The number of halogens is 3. The number of aromatic amines is 2. The van der Waals surface area contributed by atoms with Gasteiger partial charge in [-0.3, -0.25) is 0 Å². The Morgan fingerprint density at radius 1 is 0.606 bits per heavy atom. The van der Waals surface area contributed by atoms with Crippen LogP contribution in [0.5, 0.6) is 46.0 Å². The van der Waals surface area contributed by atoms with Crippen molar-refractivity contribution in [1.29, 1.82) is 0 Å². The zero-order chi connectivity index (χ0) is 49.9. The Balaban J connectivity index is 0.000000169. The number of nitrogens with one attached hydrogen (secondary N) is 3. The number of nitrogens with zero attached hydrogens (tertiary/aromatic N) is 5. The highest BCUT2D eigenvalue weighted by Gasteiger charge is 2.20. The quantitative estimate of drug-likeness (QED) is 0.0481. The minimum atomic E-state index is -0.438. The third-order valence-corrected chi connectivity index (χ3v) is 12.7. The number of aliphatic hydroxyl groups is 2. The SMILES string of the molecule is COc1cc2c(Oc3ccc4[nH]c(C)cc4c3F)cnnc2cc1OCCCBr.COc1cc2c(Oc3ccc4[nH]c(C)cc4c3F)cnnc2cc1OCCCN1CCC(O)CC1.OC1CCNCC1. The molecule has 0 aliphatic carbocycles. The lowest BCUT2D eigenvalue weighted by Gasteiger charge is -2.29. The lowest BCUT2D eigenvalue weighted by molar-refractivity contribution is 0.0799. The van der Waals surface area contributed by atoms with Gasteiger partial charge in [-0.05, 0) is 114 Å². The number of fused-ring (bicyclic) bond motifs is 4. The van der Waals surface area contributed by atoms with E-state index in [1.165, 1.54) is 12.4 Å². The van der Waals surface area contributed by atoms with Gasteiger partial charge in [0.1, 0.15) is 11.0 Å². The van der Waals surface area contributed by atoms with Gasteiger partial charge < -0.3 is 58.8 Å². The maximum atomic E-state index is 15.1. The van der Waals surface area contributed by atoms with Gasteiger partial charge in [-0.15, -0.1) is 0 Å². The van der Waals surface area contributed by atoms with Crippen molar-refractivity contribution in [2.24, 2.45) is 0 Å². The first kappa shape index (κ1) is 51.0. The number of hydrogen-bond donors (Lipinski definition) is 5. The van der Waals surface area contributed by atoms with E-state index < -0.39 is 11.6 Å². The monoisotopic (exact) mass is 1040 g/mol. The van der Waals surface area contributed by atoms with E-state index >= 15 is 4.39 Å². The van der Waals surface area contributed by atoms with Crippen LogP contribution in [0.1, 0.15) is 49.9 Å². The highest BCUT2D eigenvalue weighted by molar-refractivity contribution is 9.09. The molecule has 2 aliphatic rings. The van der Waals surface area contributed by atoms with Crippen LogP contribution in [0, 0.1) is 25.5 Å². The molecule has 71 heavy (non-hydrogen) atoms. The molecule has 0 atom stereocenters. The van der Waals surface area contributed by atoms with E-state index in [1.807, 2.05) is 13.8 Å². The number of benzene rings is 4. The van der Waals surface area contributed by atoms with Crippen molar-refractivity contribution < 1.29 is 47.4 Å². The number of piperidine rings is 2. The molecular formula is C52H59BrF2N8O8. The third kappa shape index (κ3) is 12.8. The molecule has 0 spiro atoms. The number of aryl methyl sites for hydroxylation is 2. The molecule has 2 saturated heterocycles. The molecule has 0 radical (unpaired) electrons. The number of aromatic nitrogens is 6. The molecule has 0 unspecified atom stereocenters. The lowest BCUT2D eigenvalue weighted by Crippen LogP contribution is -2.36. The number of alkyl halides is 1. The van der Waals surface area contributed by atoms with Crippen molar-refractivity contribution in [1.82, 2.24) is 40.6 Å². The normalized spacial score (nSPS) is 14.5. The highest BCUT2D eigenvalue weighted by Crippen LogP contribution is 2.40. The van der Waals surface area contributed by atoms with Crippen LogP contribution in [0.2, 0.25) is 0 Å². The Bertz CT molecular complexity index is 3050. The smallest absolute Gasteiger partial charge is 0.175 e. The fourth-order valence-electron chi connectivity index (χ4n) is 8.42. The van der Waals surface area contributed by atoms with Crippen molar-refractivity contribution >= 4 is 59.5 Å². The van der Waals surface area contributed by atoms with Gasteiger partial charge in [0.15, 0.2) is 57.6 Å². The number of rotatable bonds is 15. The number of H-pyrrole nitrogens is 2. The van der Waals surface area contributed by atoms with Crippen LogP contribution >= 0.6 is 15.9 Å². The second-order valence-corrected chi connectivity index (χ2v) is 18.2. The first-order chi connectivity index (χ1) is 34.5. The summed E-state index contributed by atoms with van der Waals surface area (Å²) in [4.78, 5) is 8.57. The maximum absolute atomic E-state index is 15.1. The number of hydrogen-bond acceptors (Lipinski definition) is 14. The average molecular weight is 1040 g/mol. The summed E-state index contributed by atoms with van der Waals surface area (Å²) < 4.78 is 64.6. The molecular weight excluding hydrogens is 983 g/mol. The highest BCUT2D eigenvalue weighted by atomic mass is 79.9. The Morgan fingerprint density at radius 3 is 1.54 bits per heavy atom. The van der Waals surface area contributed by atoms with E-state index in [9.17, 15) is 9.50 Å². The Hall–Kier alpha value is -6.38. The molecule has 4 aromatic carbocycles. The Labute approximate surface area is 418 Å². The molecule has 6 heterocycles. The van der Waals surface area contributed by atoms with Crippen LogP contribution in [0.25, 0.3) is 43.6 Å². The maximum Gasteiger partial charge on any atom is 0.175 e. The van der Waals surface area contributed by atoms with Gasteiger partial charge in [-0.1, -0.05) is 15.9 Å². The summed E-state index contributed by atoms with van der Waals surface area (Å²) >= 11 is 3.38. The largest absolute Gasteiger partial charge is 0.493 e. The van der Waals surface area contributed by atoms with E-state index in [0.717, 1.165) is 93.5 Å². The summed E-state index contributed by atoms with van der Waals surface area (Å²) in [5.74, 6) is 2.32. The van der Waals surface area contributed by atoms with Crippen molar-refractivity contribution in [3.8, 4) is 46.0 Å². The van der Waals surface area contributed by atoms with E-state index in [4.69, 9.17) is 33.5 Å². The average Bonchev–Trinajstić information content (AvgIpc) is 3.97. The standard InChI is InChI=1S/C26H29FN4O4.C21H19BrFN3O3.C5H11NO/c1-16-12-19-20(29-16)4-5-22(26(19)27)35-25-15-28-30-21-14-24(23(33-2)13-18(21)25)34-11-3-8-31-9-6-17(32)7-10-31;1-12-8-14-15(25-12)4-5-17(21(14)23)29-20-11-24-26-16-10-19(28-7-3-6-22)18(27-2)9-13(16)20;7-5-1-3-6-4-2-5/h4-5,12-15,17,29,32H,3,6-11H2,1-2H3;4-5,8-11,25H,3,6-7H2,1-2H3;5-7H,1-4H2. The van der Waals surface area contributed by atoms with Gasteiger partial charge in [0.25, 0.3) is 0 Å². The van der Waals surface area contributed by atoms with Gasteiger partial charge in [0, 0.05) is 70.3 Å². The topological polar surface area (TPSA) is 194 Å². The molecule has 19 heteroatoms. The van der Waals surface area contributed by atoms with Crippen LogP contribution in [0.3, 0.4) is 0 Å². The summed E-state index contributed by atoms with van der Waals surface area (Å²) in [6.45, 7) is 9.53. The number of likely N-dealkylation sites (tertiary alicyclic amines) is 1.